The molecule has 2 aliphatic rings. The number of hydrogen-bond acceptors (Lipinski definition) is 1. The molecule has 1 nitrogen and oxygen atoms in total. The first-order chi connectivity index (χ1) is 8.22. The third-order valence-electron chi connectivity index (χ3n) is 4.64. The van der Waals surface area contributed by atoms with Gasteiger partial charge in [0.2, 0.25) is 0 Å². The molecule has 0 aliphatic heterocycles. The molecule has 1 aromatic rings. The van der Waals surface area contributed by atoms with Gasteiger partial charge in [0.15, 0.2) is 0 Å². The fourth-order valence-corrected chi connectivity index (χ4v) is 3.80. The molecule has 17 heavy (non-hydrogen) atoms. The molecule has 2 heteroatoms. The quantitative estimate of drug-likeness (QED) is 0.845. The first-order valence-electron chi connectivity index (χ1n) is 6.66. The minimum atomic E-state index is -0.491. The van der Waals surface area contributed by atoms with Gasteiger partial charge in [-0.25, -0.2) is 4.39 Å². The molecule has 1 N–H and O–H groups in total. The van der Waals surface area contributed by atoms with Crippen LogP contribution >= 0.6 is 0 Å². The van der Waals surface area contributed by atoms with Gasteiger partial charge >= 0.3 is 0 Å². The summed E-state index contributed by atoms with van der Waals surface area (Å²) in [5.41, 5.74) is 0.729. The van der Waals surface area contributed by atoms with Crippen LogP contribution in [0.5, 0.6) is 0 Å². The molecule has 0 aromatic heterocycles. The van der Waals surface area contributed by atoms with Crippen LogP contribution in [0.15, 0.2) is 24.3 Å². The van der Waals surface area contributed by atoms with E-state index in [1.807, 2.05) is 6.07 Å². The van der Waals surface area contributed by atoms with E-state index in [9.17, 15) is 9.50 Å². The normalized spacial score (nSPS) is 32.9. The molecule has 3 rings (SSSR count). The molecule has 0 saturated heterocycles. The fraction of sp³-hybridized carbons (Fsp3) is 0.600. The summed E-state index contributed by atoms with van der Waals surface area (Å²) >= 11 is 0. The number of rotatable bonds is 3. The fourth-order valence-electron chi connectivity index (χ4n) is 3.80. The molecule has 0 spiro atoms. The van der Waals surface area contributed by atoms with Crippen LogP contribution in [0.3, 0.4) is 0 Å². The van der Waals surface area contributed by atoms with E-state index < -0.39 is 6.10 Å². The summed E-state index contributed by atoms with van der Waals surface area (Å²) in [5.74, 6) is 2.13. The average molecular weight is 234 g/mol. The Morgan fingerprint density at radius 2 is 2.18 bits per heavy atom. The summed E-state index contributed by atoms with van der Waals surface area (Å²) in [5, 5.41) is 10.2. The van der Waals surface area contributed by atoms with E-state index in [0.717, 1.165) is 23.8 Å². The minimum absolute atomic E-state index is 0.255. The highest BCUT2D eigenvalue weighted by molar-refractivity contribution is 5.19. The van der Waals surface area contributed by atoms with E-state index in [-0.39, 0.29) is 5.82 Å². The van der Waals surface area contributed by atoms with Crippen molar-refractivity contribution in [2.75, 3.05) is 0 Å². The number of aliphatic hydroxyl groups is 1. The smallest absolute Gasteiger partial charge is 0.123 e. The van der Waals surface area contributed by atoms with Crippen LogP contribution in [0.2, 0.25) is 0 Å². The van der Waals surface area contributed by atoms with Gasteiger partial charge in [-0.05, 0) is 61.1 Å². The number of halogens is 1. The van der Waals surface area contributed by atoms with Crippen LogP contribution in [0.25, 0.3) is 0 Å². The zero-order valence-electron chi connectivity index (χ0n) is 9.98. The number of fused-ring (bicyclic) bond motifs is 2. The monoisotopic (exact) mass is 234 g/mol. The zero-order valence-corrected chi connectivity index (χ0v) is 9.98. The van der Waals surface area contributed by atoms with E-state index in [4.69, 9.17) is 0 Å². The van der Waals surface area contributed by atoms with Crippen molar-refractivity contribution in [1.29, 1.82) is 0 Å². The summed E-state index contributed by atoms with van der Waals surface area (Å²) in [4.78, 5) is 0. The Hall–Kier alpha value is -0.890. The maximum absolute atomic E-state index is 13.1. The Labute approximate surface area is 102 Å². The second kappa shape index (κ2) is 4.41. The van der Waals surface area contributed by atoms with Gasteiger partial charge in [0, 0.05) is 0 Å². The molecule has 2 bridgehead atoms. The topological polar surface area (TPSA) is 20.2 Å². The Morgan fingerprint density at radius 3 is 2.82 bits per heavy atom. The molecule has 4 atom stereocenters. The van der Waals surface area contributed by atoms with E-state index in [1.54, 1.807) is 6.07 Å². The Morgan fingerprint density at radius 1 is 1.29 bits per heavy atom. The van der Waals surface area contributed by atoms with Gasteiger partial charge in [-0.2, -0.15) is 0 Å². The predicted molar refractivity (Wildman–Crippen MR) is 64.9 cm³/mol. The lowest BCUT2D eigenvalue weighted by atomic mass is 9.83. The van der Waals surface area contributed by atoms with Gasteiger partial charge in [-0.15, -0.1) is 0 Å². The number of benzene rings is 1. The molecule has 92 valence electrons. The lowest BCUT2D eigenvalue weighted by Gasteiger charge is -2.24. The van der Waals surface area contributed by atoms with Gasteiger partial charge in [-0.3, -0.25) is 0 Å². The molecular formula is C15H19FO. The lowest BCUT2D eigenvalue weighted by Crippen LogP contribution is -2.14. The first kappa shape index (κ1) is 11.2. The van der Waals surface area contributed by atoms with E-state index in [0.29, 0.717) is 5.92 Å². The highest BCUT2D eigenvalue weighted by Crippen LogP contribution is 2.50. The van der Waals surface area contributed by atoms with Crippen molar-refractivity contribution in [2.24, 2.45) is 17.8 Å². The van der Waals surface area contributed by atoms with Gasteiger partial charge in [0.25, 0.3) is 0 Å². The molecular weight excluding hydrogens is 215 g/mol. The Bertz CT molecular complexity index is 404. The molecule has 0 radical (unpaired) electrons. The first-order valence-corrected chi connectivity index (χ1v) is 6.66. The molecule has 0 amide bonds. The third-order valence-corrected chi connectivity index (χ3v) is 4.64. The van der Waals surface area contributed by atoms with Crippen LogP contribution < -0.4 is 0 Å². The highest BCUT2D eigenvalue weighted by Gasteiger charge is 2.40. The SMILES string of the molecule is OC(CC1CC2CCC1C2)c1cccc(F)c1. The van der Waals surface area contributed by atoms with Gasteiger partial charge < -0.3 is 5.11 Å². The van der Waals surface area contributed by atoms with Crippen molar-refractivity contribution < 1.29 is 9.50 Å². The maximum atomic E-state index is 13.1. The van der Waals surface area contributed by atoms with E-state index >= 15 is 0 Å². The molecule has 1 aromatic carbocycles. The van der Waals surface area contributed by atoms with Crippen molar-refractivity contribution in [1.82, 2.24) is 0 Å². The highest BCUT2D eigenvalue weighted by atomic mass is 19.1. The Kier molecular flexibility index (Phi) is 2.91. The molecule has 0 heterocycles. The van der Waals surface area contributed by atoms with Crippen LogP contribution in [-0.2, 0) is 0 Å². The summed E-state index contributed by atoms with van der Waals surface area (Å²) < 4.78 is 13.1. The van der Waals surface area contributed by atoms with E-state index in [2.05, 4.69) is 0 Å². The van der Waals surface area contributed by atoms with Crippen molar-refractivity contribution in [3.8, 4) is 0 Å². The minimum Gasteiger partial charge on any atom is -0.388 e. The molecule has 2 saturated carbocycles. The third kappa shape index (κ3) is 2.23. The number of aliphatic hydroxyl groups excluding tert-OH is 1. The van der Waals surface area contributed by atoms with Crippen molar-refractivity contribution >= 4 is 0 Å². The summed E-state index contributed by atoms with van der Waals surface area (Å²) in [7, 11) is 0. The number of hydrogen-bond donors (Lipinski definition) is 1. The van der Waals surface area contributed by atoms with Crippen molar-refractivity contribution in [3.63, 3.8) is 0 Å². The van der Waals surface area contributed by atoms with Crippen LogP contribution in [-0.4, -0.2) is 5.11 Å². The lowest BCUT2D eigenvalue weighted by molar-refractivity contribution is 0.125. The zero-order chi connectivity index (χ0) is 11.8. The molecule has 4 unspecified atom stereocenters. The Balaban J connectivity index is 1.65. The van der Waals surface area contributed by atoms with Gasteiger partial charge in [-0.1, -0.05) is 18.6 Å². The van der Waals surface area contributed by atoms with Crippen molar-refractivity contribution in [3.05, 3.63) is 35.6 Å². The summed E-state index contributed by atoms with van der Waals surface area (Å²) in [6.07, 6.45) is 5.68. The second-order valence-electron chi connectivity index (χ2n) is 5.74. The average Bonchev–Trinajstić information content (AvgIpc) is 2.91. The molecule has 2 fully saturated rings. The van der Waals surface area contributed by atoms with Crippen LogP contribution in [0, 0.1) is 23.6 Å². The predicted octanol–water partition coefficient (Wildman–Crippen LogP) is 3.69. The van der Waals surface area contributed by atoms with Crippen LogP contribution in [0.4, 0.5) is 4.39 Å². The standard InChI is InChI=1S/C15H19FO/c16-14-3-1-2-12(8-14)15(17)9-13-7-10-4-5-11(13)6-10/h1-3,8,10-11,13,15,17H,4-7,9H2. The van der Waals surface area contributed by atoms with Gasteiger partial charge in [0.05, 0.1) is 6.10 Å². The van der Waals surface area contributed by atoms with Gasteiger partial charge in [0.1, 0.15) is 5.82 Å². The van der Waals surface area contributed by atoms with E-state index in [1.165, 1.54) is 37.8 Å². The van der Waals surface area contributed by atoms with Crippen LogP contribution in [0.1, 0.15) is 43.8 Å². The second-order valence-corrected chi connectivity index (χ2v) is 5.74. The molecule has 2 aliphatic carbocycles. The summed E-state index contributed by atoms with van der Waals surface area (Å²) in [6, 6.07) is 6.38. The summed E-state index contributed by atoms with van der Waals surface area (Å²) in [6.45, 7) is 0. The maximum Gasteiger partial charge on any atom is 0.123 e. The largest absolute Gasteiger partial charge is 0.388 e. The van der Waals surface area contributed by atoms with Crippen molar-refractivity contribution in [2.45, 2.75) is 38.2 Å².